The second-order valence-electron chi connectivity index (χ2n) is 6.17. The molecule has 9 heteroatoms. The van der Waals surface area contributed by atoms with Crippen LogP contribution >= 0.6 is 11.6 Å². The predicted octanol–water partition coefficient (Wildman–Crippen LogP) is 3.79. The molecule has 2 heterocycles. The number of hydrogen-bond acceptors (Lipinski definition) is 3. The summed E-state index contributed by atoms with van der Waals surface area (Å²) >= 11 is 5.92. The van der Waals surface area contributed by atoms with E-state index in [9.17, 15) is 18.0 Å². The Morgan fingerprint density at radius 1 is 1.15 bits per heavy atom. The molecule has 2 aromatic rings. The van der Waals surface area contributed by atoms with Crippen LogP contribution in [0.15, 0.2) is 42.6 Å². The lowest BCUT2D eigenvalue weighted by atomic mass is 10.2. The number of urea groups is 1. The maximum atomic E-state index is 12.6. The van der Waals surface area contributed by atoms with E-state index in [0.29, 0.717) is 43.6 Å². The molecule has 3 rings (SSSR count). The van der Waals surface area contributed by atoms with Crippen molar-refractivity contribution in [3.8, 4) is 0 Å². The number of piperazine rings is 1. The SMILES string of the molecule is O=C(NCc1cccc(Cl)c1)N1CCN(c2ccc(C(F)(F)F)cn2)CC1. The minimum absolute atomic E-state index is 0.185. The highest BCUT2D eigenvalue weighted by atomic mass is 35.5. The maximum Gasteiger partial charge on any atom is 0.417 e. The van der Waals surface area contributed by atoms with Gasteiger partial charge in [0, 0.05) is 43.9 Å². The van der Waals surface area contributed by atoms with Crippen LogP contribution in [0.3, 0.4) is 0 Å². The van der Waals surface area contributed by atoms with Crippen molar-refractivity contribution < 1.29 is 18.0 Å². The van der Waals surface area contributed by atoms with E-state index in [0.717, 1.165) is 17.8 Å². The molecule has 0 unspecified atom stereocenters. The Kier molecular flexibility index (Phi) is 5.74. The van der Waals surface area contributed by atoms with Gasteiger partial charge in [-0.15, -0.1) is 0 Å². The normalized spacial score (nSPS) is 15.0. The number of carbonyl (C=O) groups is 1. The van der Waals surface area contributed by atoms with E-state index >= 15 is 0 Å². The van der Waals surface area contributed by atoms with E-state index in [2.05, 4.69) is 10.3 Å². The van der Waals surface area contributed by atoms with E-state index in [1.165, 1.54) is 6.07 Å². The van der Waals surface area contributed by atoms with Crippen LogP contribution in [-0.4, -0.2) is 42.1 Å². The summed E-state index contributed by atoms with van der Waals surface area (Å²) in [5.41, 5.74) is 0.133. The zero-order chi connectivity index (χ0) is 19.4. The van der Waals surface area contributed by atoms with Crippen molar-refractivity contribution in [1.82, 2.24) is 15.2 Å². The number of nitrogens with zero attached hydrogens (tertiary/aromatic N) is 3. The summed E-state index contributed by atoms with van der Waals surface area (Å²) in [6.45, 7) is 2.31. The summed E-state index contributed by atoms with van der Waals surface area (Å²) in [5, 5.41) is 3.45. The quantitative estimate of drug-likeness (QED) is 0.855. The molecule has 0 spiro atoms. The zero-order valence-electron chi connectivity index (χ0n) is 14.3. The molecule has 1 N–H and O–H groups in total. The first-order valence-electron chi connectivity index (χ1n) is 8.38. The van der Waals surface area contributed by atoms with E-state index < -0.39 is 11.7 Å². The van der Waals surface area contributed by atoms with Crippen LogP contribution in [0.1, 0.15) is 11.1 Å². The summed E-state index contributed by atoms with van der Waals surface area (Å²) < 4.78 is 37.8. The number of benzene rings is 1. The Morgan fingerprint density at radius 3 is 2.48 bits per heavy atom. The van der Waals surface area contributed by atoms with Crippen molar-refractivity contribution in [2.75, 3.05) is 31.1 Å². The monoisotopic (exact) mass is 398 g/mol. The molecule has 2 amide bonds. The van der Waals surface area contributed by atoms with Gasteiger partial charge >= 0.3 is 12.2 Å². The Bertz CT molecular complexity index is 790. The zero-order valence-corrected chi connectivity index (χ0v) is 15.1. The van der Waals surface area contributed by atoms with Crippen LogP contribution in [0.4, 0.5) is 23.8 Å². The van der Waals surface area contributed by atoms with E-state index in [1.807, 2.05) is 17.0 Å². The van der Waals surface area contributed by atoms with Crippen molar-refractivity contribution in [3.05, 3.63) is 58.7 Å². The lowest BCUT2D eigenvalue weighted by molar-refractivity contribution is -0.137. The highest BCUT2D eigenvalue weighted by Gasteiger charge is 2.31. The Hall–Kier alpha value is -2.48. The van der Waals surface area contributed by atoms with Gasteiger partial charge in [-0.05, 0) is 29.8 Å². The van der Waals surface area contributed by atoms with Crippen molar-refractivity contribution in [2.45, 2.75) is 12.7 Å². The largest absolute Gasteiger partial charge is 0.417 e. The van der Waals surface area contributed by atoms with Crippen LogP contribution < -0.4 is 10.2 Å². The van der Waals surface area contributed by atoms with Gasteiger partial charge in [0.1, 0.15) is 5.82 Å². The third-order valence-corrected chi connectivity index (χ3v) is 4.53. The summed E-state index contributed by atoms with van der Waals surface area (Å²) in [7, 11) is 0. The van der Waals surface area contributed by atoms with Gasteiger partial charge in [0.15, 0.2) is 0 Å². The van der Waals surface area contributed by atoms with Crippen LogP contribution in [-0.2, 0) is 12.7 Å². The molecule has 1 aliphatic rings. The fraction of sp³-hybridized carbons (Fsp3) is 0.333. The first-order chi connectivity index (χ1) is 12.8. The molecule has 1 saturated heterocycles. The maximum absolute atomic E-state index is 12.6. The van der Waals surface area contributed by atoms with Crippen LogP contribution in [0.5, 0.6) is 0 Å². The first-order valence-corrected chi connectivity index (χ1v) is 8.76. The number of anilines is 1. The fourth-order valence-corrected chi connectivity index (χ4v) is 3.03. The van der Waals surface area contributed by atoms with Crippen molar-refractivity contribution >= 4 is 23.4 Å². The van der Waals surface area contributed by atoms with Gasteiger partial charge in [-0.3, -0.25) is 0 Å². The standard InChI is InChI=1S/C18H18ClF3N4O/c19-15-3-1-2-13(10-15)11-24-17(27)26-8-6-25(7-9-26)16-5-4-14(12-23-16)18(20,21)22/h1-5,10,12H,6-9,11H2,(H,24,27). The predicted molar refractivity (Wildman–Crippen MR) is 96.7 cm³/mol. The average Bonchev–Trinajstić information content (AvgIpc) is 2.66. The highest BCUT2D eigenvalue weighted by molar-refractivity contribution is 6.30. The molecule has 0 aliphatic carbocycles. The van der Waals surface area contributed by atoms with Gasteiger partial charge in [0.2, 0.25) is 0 Å². The van der Waals surface area contributed by atoms with Gasteiger partial charge in [-0.2, -0.15) is 13.2 Å². The van der Waals surface area contributed by atoms with E-state index in [1.54, 1.807) is 17.0 Å². The summed E-state index contributed by atoms with van der Waals surface area (Å²) in [6.07, 6.45) is -3.56. The van der Waals surface area contributed by atoms with Gasteiger partial charge in [-0.25, -0.2) is 9.78 Å². The number of hydrogen-bond donors (Lipinski definition) is 1. The number of rotatable bonds is 3. The molecule has 0 bridgehead atoms. The fourth-order valence-electron chi connectivity index (χ4n) is 2.82. The van der Waals surface area contributed by atoms with E-state index in [4.69, 9.17) is 11.6 Å². The molecule has 0 atom stereocenters. The third kappa shape index (κ3) is 5.03. The smallest absolute Gasteiger partial charge is 0.353 e. The number of amides is 2. The molecular weight excluding hydrogens is 381 g/mol. The number of pyridine rings is 1. The van der Waals surface area contributed by atoms with Crippen LogP contribution in [0.2, 0.25) is 5.02 Å². The number of carbonyl (C=O) groups excluding carboxylic acids is 1. The van der Waals surface area contributed by atoms with Crippen molar-refractivity contribution in [3.63, 3.8) is 0 Å². The van der Waals surface area contributed by atoms with E-state index in [-0.39, 0.29) is 6.03 Å². The second-order valence-corrected chi connectivity index (χ2v) is 6.60. The lowest BCUT2D eigenvalue weighted by Gasteiger charge is -2.35. The summed E-state index contributed by atoms with van der Waals surface area (Å²) in [6, 6.07) is 9.44. The summed E-state index contributed by atoms with van der Waals surface area (Å²) in [5.74, 6) is 0.474. The van der Waals surface area contributed by atoms with Crippen molar-refractivity contribution in [1.29, 1.82) is 0 Å². The number of aromatic nitrogens is 1. The molecule has 1 aromatic heterocycles. The molecular formula is C18H18ClF3N4O. The molecule has 0 saturated carbocycles. The lowest BCUT2D eigenvalue weighted by Crippen LogP contribution is -2.51. The molecule has 1 aromatic carbocycles. The van der Waals surface area contributed by atoms with Crippen LogP contribution in [0.25, 0.3) is 0 Å². The number of halogens is 4. The topological polar surface area (TPSA) is 48.5 Å². The molecule has 27 heavy (non-hydrogen) atoms. The van der Waals surface area contributed by atoms with Gasteiger partial charge in [-0.1, -0.05) is 23.7 Å². The van der Waals surface area contributed by atoms with Gasteiger partial charge < -0.3 is 15.1 Å². The Morgan fingerprint density at radius 2 is 1.89 bits per heavy atom. The minimum atomic E-state index is -4.40. The molecule has 144 valence electrons. The molecule has 1 fully saturated rings. The molecule has 5 nitrogen and oxygen atoms in total. The number of nitrogens with one attached hydrogen (secondary N) is 1. The Labute approximate surface area is 159 Å². The van der Waals surface area contributed by atoms with Crippen LogP contribution in [0, 0.1) is 0 Å². The molecule has 1 aliphatic heterocycles. The third-order valence-electron chi connectivity index (χ3n) is 4.30. The number of alkyl halides is 3. The molecule has 0 radical (unpaired) electrons. The van der Waals surface area contributed by atoms with Crippen molar-refractivity contribution in [2.24, 2.45) is 0 Å². The second kappa shape index (κ2) is 8.04. The first kappa shape index (κ1) is 19.3. The van der Waals surface area contributed by atoms with Gasteiger partial charge in [0.05, 0.1) is 5.56 Å². The van der Waals surface area contributed by atoms with Gasteiger partial charge in [0.25, 0.3) is 0 Å². The average molecular weight is 399 g/mol. The summed E-state index contributed by atoms with van der Waals surface area (Å²) in [4.78, 5) is 19.7. The Balaban J connectivity index is 1.50. The highest BCUT2D eigenvalue weighted by Crippen LogP contribution is 2.29. The minimum Gasteiger partial charge on any atom is -0.353 e.